The average Bonchev–Trinajstić information content (AvgIpc) is 2.42. The number of anilines is 1. The summed E-state index contributed by atoms with van der Waals surface area (Å²) in [5.74, 6) is -0.247. The van der Waals surface area contributed by atoms with Gasteiger partial charge in [0.25, 0.3) is 0 Å². The minimum Gasteiger partial charge on any atom is -0.377 e. The normalized spacial score (nSPS) is 12.2. The highest BCUT2D eigenvalue weighted by Crippen LogP contribution is 2.35. The van der Waals surface area contributed by atoms with Gasteiger partial charge < -0.3 is 5.32 Å². The molecule has 2 rings (SSSR count). The molecular weight excluding hydrogens is 320 g/mol. The molecule has 0 amide bonds. The van der Waals surface area contributed by atoms with Gasteiger partial charge in [0, 0.05) is 5.56 Å². The summed E-state index contributed by atoms with van der Waals surface area (Å²) in [4.78, 5) is 0. The number of hydrogen-bond donors (Lipinski definition) is 1. The lowest BCUT2D eigenvalue weighted by atomic mass is 10.0. The molecule has 0 spiro atoms. The van der Waals surface area contributed by atoms with Gasteiger partial charge in [0.1, 0.15) is 5.82 Å². The van der Waals surface area contributed by atoms with Gasteiger partial charge in [-0.05, 0) is 24.6 Å². The molecule has 0 aromatic heterocycles. The maximum Gasteiger partial charge on any atom is 0.128 e. The van der Waals surface area contributed by atoms with Crippen molar-refractivity contribution in [3.8, 4) is 0 Å². The lowest BCUT2D eigenvalue weighted by molar-refractivity contribution is 0.587. The fraction of sp³-hybridized carbons (Fsp3) is 0.200. The van der Waals surface area contributed by atoms with Crippen LogP contribution >= 0.6 is 34.8 Å². The molecule has 0 saturated heterocycles. The lowest BCUT2D eigenvalue weighted by Gasteiger charge is -2.20. The standard InChI is InChI=1S/C15H13Cl3FN/c1-2-14(9-5-3-4-6-13(9)19)20-15-8-11(17)10(16)7-12(15)18/h3-8,14,20H,2H2,1H3. The monoisotopic (exact) mass is 331 g/mol. The second kappa shape index (κ2) is 6.66. The van der Waals surface area contributed by atoms with Crippen LogP contribution in [-0.4, -0.2) is 0 Å². The molecule has 5 heteroatoms. The third kappa shape index (κ3) is 3.38. The Morgan fingerprint density at radius 2 is 1.70 bits per heavy atom. The fourth-order valence-corrected chi connectivity index (χ4v) is 2.58. The molecule has 20 heavy (non-hydrogen) atoms. The van der Waals surface area contributed by atoms with E-state index in [1.165, 1.54) is 6.07 Å². The van der Waals surface area contributed by atoms with Crippen LogP contribution in [0.1, 0.15) is 24.9 Å². The Morgan fingerprint density at radius 1 is 1.05 bits per heavy atom. The highest BCUT2D eigenvalue weighted by molar-refractivity contribution is 6.44. The van der Waals surface area contributed by atoms with E-state index in [2.05, 4.69) is 5.32 Å². The quantitative estimate of drug-likeness (QED) is 0.643. The molecule has 0 heterocycles. The van der Waals surface area contributed by atoms with Crippen molar-refractivity contribution in [1.29, 1.82) is 0 Å². The van der Waals surface area contributed by atoms with Gasteiger partial charge in [-0.2, -0.15) is 0 Å². The Hall–Kier alpha value is -0.960. The van der Waals surface area contributed by atoms with Crippen molar-refractivity contribution in [2.75, 3.05) is 5.32 Å². The van der Waals surface area contributed by atoms with Crippen LogP contribution in [0.25, 0.3) is 0 Å². The van der Waals surface area contributed by atoms with E-state index < -0.39 is 0 Å². The first-order valence-corrected chi connectivity index (χ1v) is 7.31. The molecule has 2 aromatic rings. The molecule has 1 N–H and O–H groups in total. The first-order chi connectivity index (χ1) is 9.52. The van der Waals surface area contributed by atoms with Crippen LogP contribution in [-0.2, 0) is 0 Å². The fourth-order valence-electron chi connectivity index (χ4n) is 1.98. The molecule has 0 fully saturated rings. The first kappa shape index (κ1) is 15.4. The molecular formula is C15H13Cl3FN. The maximum absolute atomic E-state index is 13.9. The molecule has 0 aliphatic rings. The maximum atomic E-state index is 13.9. The van der Waals surface area contributed by atoms with E-state index in [-0.39, 0.29) is 11.9 Å². The molecule has 0 bridgehead atoms. The van der Waals surface area contributed by atoms with Gasteiger partial charge in [-0.3, -0.25) is 0 Å². The van der Waals surface area contributed by atoms with Gasteiger partial charge >= 0.3 is 0 Å². The van der Waals surface area contributed by atoms with Crippen molar-refractivity contribution in [2.24, 2.45) is 0 Å². The minimum atomic E-state index is -0.247. The Balaban J connectivity index is 2.32. The molecule has 0 saturated carbocycles. The summed E-state index contributed by atoms with van der Waals surface area (Å²) in [5, 5.41) is 4.45. The number of nitrogens with one attached hydrogen (secondary N) is 1. The van der Waals surface area contributed by atoms with Crippen molar-refractivity contribution < 1.29 is 4.39 Å². The summed E-state index contributed by atoms with van der Waals surface area (Å²) in [6.45, 7) is 1.97. The van der Waals surface area contributed by atoms with E-state index in [4.69, 9.17) is 34.8 Å². The second-order valence-electron chi connectivity index (χ2n) is 4.37. The number of hydrogen-bond acceptors (Lipinski definition) is 1. The first-order valence-electron chi connectivity index (χ1n) is 6.18. The van der Waals surface area contributed by atoms with E-state index in [0.29, 0.717) is 32.7 Å². The van der Waals surface area contributed by atoms with Crippen molar-refractivity contribution >= 4 is 40.5 Å². The Morgan fingerprint density at radius 3 is 2.35 bits per heavy atom. The van der Waals surface area contributed by atoms with Crippen LogP contribution in [0.5, 0.6) is 0 Å². The van der Waals surface area contributed by atoms with Gasteiger partial charge in [-0.1, -0.05) is 59.9 Å². The van der Waals surface area contributed by atoms with Crippen LogP contribution in [0, 0.1) is 5.82 Å². The number of halogens is 4. The predicted molar refractivity (Wildman–Crippen MR) is 84.5 cm³/mol. The van der Waals surface area contributed by atoms with Crippen LogP contribution in [0.15, 0.2) is 36.4 Å². The summed E-state index contributed by atoms with van der Waals surface area (Å²) in [6, 6.07) is 9.69. The summed E-state index contributed by atoms with van der Waals surface area (Å²) in [7, 11) is 0. The molecule has 0 radical (unpaired) electrons. The van der Waals surface area contributed by atoms with E-state index >= 15 is 0 Å². The van der Waals surface area contributed by atoms with E-state index in [0.717, 1.165) is 0 Å². The van der Waals surface area contributed by atoms with Crippen LogP contribution in [0.3, 0.4) is 0 Å². The predicted octanol–water partition coefficient (Wildman–Crippen LogP) is 6.35. The Bertz CT molecular complexity index is 616. The lowest BCUT2D eigenvalue weighted by Crippen LogP contribution is -2.11. The SMILES string of the molecule is CCC(Nc1cc(Cl)c(Cl)cc1Cl)c1ccccc1F. The number of rotatable bonds is 4. The Labute approximate surface area is 132 Å². The van der Waals surface area contributed by atoms with E-state index in [1.807, 2.05) is 6.92 Å². The summed E-state index contributed by atoms with van der Waals surface area (Å²) < 4.78 is 13.9. The third-order valence-electron chi connectivity index (χ3n) is 3.03. The van der Waals surface area contributed by atoms with Gasteiger partial charge in [0.2, 0.25) is 0 Å². The largest absolute Gasteiger partial charge is 0.377 e. The second-order valence-corrected chi connectivity index (χ2v) is 5.59. The molecule has 1 unspecified atom stereocenters. The highest BCUT2D eigenvalue weighted by Gasteiger charge is 2.15. The van der Waals surface area contributed by atoms with E-state index in [1.54, 1.807) is 30.3 Å². The van der Waals surface area contributed by atoms with Crippen LogP contribution < -0.4 is 5.32 Å². The molecule has 1 atom stereocenters. The van der Waals surface area contributed by atoms with Crippen molar-refractivity contribution in [3.05, 3.63) is 62.8 Å². The van der Waals surface area contributed by atoms with Gasteiger partial charge in [0.15, 0.2) is 0 Å². The van der Waals surface area contributed by atoms with Crippen LogP contribution in [0.4, 0.5) is 10.1 Å². The molecule has 2 aromatic carbocycles. The molecule has 1 nitrogen and oxygen atoms in total. The summed E-state index contributed by atoms with van der Waals surface area (Å²) >= 11 is 18.0. The zero-order chi connectivity index (χ0) is 14.7. The highest BCUT2D eigenvalue weighted by atomic mass is 35.5. The topological polar surface area (TPSA) is 12.0 Å². The zero-order valence-corrected chi connectivity index (χ0v) is 13.0. The van der Waals surface area contributed by atoms with Gasteiger partial charge in [0.05, 0.1) is 26.8 Å². The van der Waals surface area contributed by atoms with Crippen LogP contribution in [0.2, 0.25) is 15.1 Å². The van der Waals surface area contributed by atoms with E-state index in [9.17, 15) is 4.39 Å². The van der Waals surface area contributed by atoms with Crippen molar-refractivity contribution in [1.82, 2.24) is 0 Å². The third-order valence-corrected chi connectivity index (χ3v) is 4.06. The minimum absolute atomic E-state index is 0.189. The Kier molecular flexibility index (Phi) is 5.14. The molecule has 106 valence electrons. The van der Waals surface area contributed by atoms with Crippen molar-refractivity contribution in [3.63, 3.8) is 0 Å². The summed E-state index contributed by atoms with van der Waals surface area (Å²) in [6.07, 6.45) is 0.706. The molecule has 0 aliphatic carbocycles. The van der Waals surface area contributed by atoms with Gasteiger partial charge in [-0.15, -0.1) is 0 Å². The number of benzene rings is 2. The average molecular weight is 333 g/mol. The van der Waals surface area contributed by atoms with Crippen molar-refractivity contribution in [2.45, 2.75) is 19.4 Å². The van der Waals surface area contributed by atoms with Gasteiger partial charge in [-0.25, -0.2) is 4.39 Å². The summed E-state index contributed by atoms with van der Waals surface area (Å²) in [5.41, 5.74) is 1.23. The zero-order valence-electron chi connectivity index (χ0n) is 10.8. The smallest absolute Gasteiger partial charge is 0.128 e. The molecule has 0 aliphatic heterocycles.